The van der Waals surface area contributed by atoms with Crippen molar-refractivity contribution in [3.05, 3.63) is 22.4 Å². The second-order valence-corrected chi connectivity index (χ2v) is 5.94. The molecule has 0 aromatic carbocycles. The van der Waals surface area contributed by atoms with Crippen molar-refractivity contribution in [3.8, 4) is 0 Å². The van der Waals surface area contributed by atoms with Crippen molar-refractivity contribution in [3.63, 3.8) is 0 Å². The lowest BCUT2D eigenvalue weighted by Gasteiger charge is -2.15. The molecule has 0 saturated heterocycles. The first-order chi connectivity index (χ1) is 8.81. The minimum absolute atomic E-state index is 0.148. The summed E-state index contributed by atoms with van der Waals surface area (Å²) in [6.45, 7) is 4.08. The van der Waals surface area contributed by atoms with Crippen molar-refractivity contribution in [1.82, 2.24) is 9.88 Å². The normalized spacial score (nSPS) is 12.5. The number of carboxylic acids is 1. The Kier molecular flexibility index (Phi) is 5.60. The molecule has 0 radical (unpaired) electrons. The number of aryl methyl sites for hydroxylation is 1. The predicted molar refractivity (Wildman–Crippen MR) is 76.0 cm³/mol. The highest BCUT2D eigenvalue weighted by atomic mass is 79.9. The van der Waals surface area contributed by atoms with Crippen LogP contribution in [-0.2, 0) is 11.8 Å². The summed E-state index contributed by atoms with van der Waals surface area (Å²) >= 11 is 3.29. The quantitative estimate of drug-likeness (QED) is 0.840. The van der Waals surface area contributed by atoms with Gasteiger partial charge in [0.25, 0.3) is 5.91 Å². The lowest BCUT2D eigenvalue weighted by atomic mass is 9.97. The number of amides is 1. The number of nitrogens with one attached hydrogen (secondary N) is 1. The van der Waals surface area contributed by atoms with Gasteiger partial charge in [-0.3, -0.25) is 9.59 Å². The van der Waals surface area contributed by atoms with Crippen LogP contribution in [0.25, 0.3) is 0 Å². The zero-order chi connectivity index (χ0) is 14.6. The smallest absolute Gasteiger partial charge is 0.308 e. The zero-order valence-electron chi connectivity index (χ0n) is 11.3. The maximum atomic E-state index is 11.9. The summed E-state index contributed by atoms with van der Waals surface area (Å²) in [6.07, 6.45) is 2.32. The van der Waals surface area contributed by atoms with Crippen LogP contribution in [0.3, 0.4) is 0 Å². The highest BCUT2D eigenvalue weighted by molar-refractivity contribution is 9.10. The molecule has 1 heterocycles. The van der Waals surface area contributed by atoms with E-state index in [2.05, 4.69) is 21.2 Å². The summed E-state index contributed by atoms with van der Waals surface area (Å²) in [6, 6.07) is 1.70. The molecule has 0 fully saturated rings. The summed E-state index contributed by atoms with van der Waals surface area (Å²) in [5, 5.41) is 11.8. The number of hydrogen-bond donors (Lipinski definition) is 2. The number of hydrogen-bond acceptors (Lipinski definition) is 2. The molecule has 0 aliphatic rings. The molecule has 1 atom stereocenters. The molecule has 19 heavy (non-hydrogen) atoms. The number of halogens is 1. The molecule has 1 amide bonds. The molecule has 1 aromatic rings. The van der Waals surface area contributed by atoms with E-state index in [4.69, 9.17) is 5.11 Å². The van der Waals surface area contributed by atoms with Crippen LogP contribution in [0.1, 0.15) is 30.8 Å². The molecule has 1 unspecified atom stereocenters. The van der Waals surface area contributed by atoms with Crippen LogP contribution in [0.15, 0.2) is 16.7 Å². The van der Waals surface area contributed by atoms with Gasteiger partial charge in [-0.25, -0.2) is 0 Å². The van der Waals surface area contributed by atoms with Gasteiger partial charge in [-0.1, -0.05) is 13.8 Å². The van der Waals surface area contributed by atoms with Crippen LogP contribution in [0.2, 0.25) is 0 Å². The molecule has 1 aromatic heterocycles. The third-order valence-corrected chi connectivity index (χ3v) is 3.25. The number of rotatable bonds is 6. The third-order valence-electron chi connectivity index (χ3n) is 2.82. The van der Waals surface area contributed by atoms with Gasteiger partial charge in [0.05, 0.1) is 5.92 Å². The first-order valence-corrected chi connectivity index (χ1v) is 6.93. The summed E-state index contributed by atoms with van der Waals surface area (Å²) in [5.41, 5.74) is 0.501. The Morgan fingerprint density at radius 1 is 1.47 bits per heavy atom. The minimum atomic E-state index is -0.873. The van der Waals surface area contributed by atoms with Gasteiger partial charge in [-0.15, -0.1) is 0 Å². The van der Waals surface area contributed by atoms with Crippen molar-refractivity contribution in [2.45, 2.75) is 20.3 Å². The van der Waals surface area contributed by atoms with Gasteiger partial charge in [0.15, 0.2) is 0 Å². The molecule has 0 bridgehead atoms. The van der Waals surface area contributed by atoms with E-state index in [1.54, 1.807) is 23.9 Å². The lowest BCUT2D eigenvalue weighted by Crippen LogP contribution is -2.34. The summed E-state index contributed by atoms with van der Waals surface area (Å²) in [7, 11) is 1.77. The fraction of sp³-hybridized carbons (Fsp3) is 0.538. The summed E-state index contributed by atoms with van der Waals surface area (Å²) in [5.74, 6) is -1.40. The highest BCUT2D eigenvalue weighted by Crippen LogP contribution is 2.14. The number of aliphatic carboxylic acids is 1. The van der Waals surface area contributed by atoms with Crippen LogP contribution in [0.4, 0.5) is 0 Å². The topological polar surface area (TPSA) is 71.3 Å². The van der Waals surface area contributed by atoms with E-state index >= 15 is 0 Å². The number of carbonyl (C=O) groups excluding carboxylic acids is 1. The highest BCUT2D eigenvalue weighted by Gasteiger charge is 2.20. The second-order valence-electron chi connectivity index (χ2n) is 5.03. The van der Waals surface area contributed by atoms with Gasteiger partial charge in [0, 0.05) is 24.3 Å². The average molecular weight is 331 g/mol. The molecule has 2 N–H and O–H groups in total. The van der Waals surface area contributed by atoms with Gasteiger partial charge in [-0.05, 0) is 34.3 Å². The Hall–Kier alpha value is -1.30. The molecule has 6 heteroatoms. The molecular formula is C13H19BrN2O3. The first kappa shape index (κ1) is 15.8. The molecule has 1 rings (SSSR count). The standard InChI is InChI=1S/C13H19BrN2O3/c1-8(2)4-9(13(18)19)6-15-12(17)11-5-10(14)7-16(11)3/h5,7-9H,4,6H2,1-3H3,(H,15,17)(H,18,19). The first-order valence-electron chi connectivity index (χ1n) is 6.14. The SMILES string of the molecule is CC(C)CC(CNC(=O)c1cc(Br)cn1C)C(=O)O. The lowest BCUT2D eigenvalue weighted by molar-refractivity contribution is -0.142. The largest absolute Gasteiger partial charge is 0.481 e. The summed E-state index contributed by atoms with van der Waals surface area (Å²) in [4.78, 5) is 23.0. The van der Waals surface area contributed by atoms with E-state index in [1.807, 2.05) is 13.8 Å². The van der Waals surface area contributed by atoms with E-state index in [1.165, 1.54) is 0 Å². The number of nitrogens with zero attached hydrogens (tertiary/aromatic N) is 1. The molecule has 5 nitrogen and oxygen atoms in total. The van der Waals surface area contributed by atoms with Crippen molar-refractivity contribution < 1.29 is 14.7 Å². The number of carboxylic acid groups (broad SMARTS) is 1. The van der Waals surface area contributed by atoms with E-state index < -0.39 is 11.9 Å². The minimum Gasteiger partial charge on any atom is -0.481 e. The van der Waals surface area contributed by atoms with Gasteiger partial charge >= 0.3 is 5.97 Å². The second kappa shape index (κ2) is 6.75. The van der Waals surface area contributed by atoms with Gasteiger partial charge in [0.2, 0.25) is 0 Å². The van der Waals surface area contributed by atoms with Crippen LogP contribution in [0.5, 0.6) is 0 Å². The Morgan fingerprint density at radius 2 is 2.11 bits per heavy atom. The van der Waals surface area contributed by atoms with Crippen LogP contribution < -0.4 is 5.32 Å². The van der Waals surface area contributed by atoms with Crippen LogP contribution in [-0.4, -0.2) is 28.1 Å². The molecule has 0 saturated carbocycles. The Balaban J connectivity index is 2.62. The molecule has 0 aliphatic carbocycles. The van der Waals surface area contributed by atoms with Crippen molar-refractivity contribution in [2.24, 2.45) is 18.9 Å². The number of aromatic nitrogens is 1. The zero-order valence-corrected chi connectivity index (χ0v) is 12.9. The van der Waals surface area contributed by atoms with Crippen molar-refractivity contribution in [1.29, 1.82) is 0 Å². The molecule has 0 aliphatic heterocycles. The molecule has 0 spiro atoms. The van der Waals surface area contributed by atoms with E-state index in [9.17, 15) is 9.59 Å². The maximum absolute atomic E-state index is 11.9. The fourth-order valence-corrected chi connectivity index (χ4v) is 2.42. The molecular weight excluding hydrogens is 312 g/mol. The predicted octanol–water partition coefficient (Wildman–Crippen LogP) is 2.26. The van der Waals surface area contributed by atoms with E-state index in [0.29, 0.717) is 12.1 Å². The van der Waals surface area contributed by atoms with Crippen LogP contribution >= 0.6 is 15.9 Å². The molecule has 106 valence electrons. The van der Waals surface area contributed by atoms with Crippen molar-refractivity contribution in [2.75, 3.05) is 6.54 Å². The average Bonchev–Trinajstić information content (AvgIpc) is 2.62. The van der Waals surface area contributed by atoms with Gasteiger partial charge < -0.3 is 15.0 Å². The maximum Gasteiger partial charge on any atom is 0.308 e. The monoisotopic (exact) mass is 330 g/mol. The van der Waals surface area contributed by atoms with Crippen molar-refractivity contribution >= 4 is 27.8 Å². The van der Waals surface area contributed by atoms with E-state index in [0.717, 1.165) is 4.47 Å². The van der Waals surface area contributed by atoms with Gasteiger partial charge in [0.1, 0.15) is 5.69 Å². The van der Waals surface area contributed by atoms with Gasteiger partial charge in [-0.2, -0.15) is 0 Å². The summed E-state index contributed by atoms with van der Waals surface area (Å²) < 4.78 is 2.51. The number of carbonyl (C=O) groups is 2. The Bertz CT molecular complexity index is 468. The van der Waals surface area contributed by atoms with E-state index in [-0.39, 0.29) is 18.4 Å². The Morgan fingerprint density at radius 3 is 2.53 bits per heavy atom. The van der Waals surface area contributed by atoms with Crippen LogP contribution in [0, 0.1) is 11.8 Å². The fourth-order valence-electron chi connectivity index (χ4n) is 1.90. The Labute approximate surface area is 121 Å². The third kappa shape index (κ3) is 4.70.